The SMILES string of the molecule is Cc1cc2c([nH]1)CC(c1ccccc1)CC2=NNC(=N)N.Cl. The molecule has 0 aliphatic heterocycles. The quantitative estimate of drug-likeness (QED) is 0.389. The number of hydrogen-bond donors (Lipinski definition) is 4. The molecule has 0 spiro atoms. The lowest BCUT2D eigenvalue weighted by atomic mass is 9.82. The molecule has 5 nitrogen and oxygen atoms in total. The van der Waals surface area contributed by atoms with E-state index in [0.29, 0.717) is 5.92 Å². The largest absolute Gasteiger partial charge is 0.369 e. The molecule has 0 amide bonds. The molecule has 1 aromatic heterocycles. The van der Waals surface area contributed by atoms with Gasteiger partial charge in [-0.25, -0.2) is 5.43 Å². The molecule has 5 N–H and O–H groups in total. The van der Waals surface area contributed by atoms with Crippen molar-refractivity contribution in [1.82, 2.24) is 10.4 Å². The van der Waals surface area contributed by atoms with Crippen LogP contribution in [0.15, 0.2) is 41.5 Å². The molecule has 0 bridgehead atoms. The summed E-state index contributed by atoms with van der Waals surface area (Å²) in [4.78, 5) is 3.42. The van der Waals surface area contributed by atoms with Gasteiger partial charge in [-0.05, 0) is 37.3 Å². The Morgan fingerprint density at radius 1 is 1.32 bits per heavy atom. The average Bonchev–Trinajstić information content (AvgIpc) is 2.85. The van der Waals surface area contributed by atoms with E-state index < -0.39 is 0 Å². The van der Waals surface area contributed by atoms with Crippen LogP contribution in [0.4, 0.5) is 0 Å². The van der Waals surface area contributed by atoms with Crippen molar-refractivity contribution in [3.63, 3.8) is 0 Å². The highest BCUT2D eigenvalue weighted by atomic mass is 35.5. The van der Waals surface area contributed by atoms with E-state index >= 15 is 0 Å². The standard InChI is InChI=1S/C16H19N5.ClH/c1-10-7-13-14(19-10)8-12(11-5-3-2-4-6-11)9-15(13)20-21-16(17)18;/h2-7,12,19H,8-9H2,1H3,(H4,17,18,21);1H. The van der Waals surface area contributed by atoms with Crippen molar-refractivity contribution >= 4 is 24.1 Å². The summed E-state index contributed by atoms with van der Waals surface area (Å²) < 4.78 is 0. The highest BCUT2D eigenvalue weighted by Crippen LogP contribution is 2.33. The van der Waals surface area contributed by atoms with E-state index in [4.69, 9.17) is 11.1 Å². The number of halogens is 1. The zero-order chi connectivity index (χ0) is 14.8. The van der Waals surface area contributed by atoms with Gasteiger partial charge in [-0.15, -0.1) is 12.4 Å². The van der Waals surface area contributed by atoms with Crippen molar-refractivity contribution in [3.05, 3.63) is 58.9 Å². The zero-order valence-electron chi connectivity index (χ0n) is 12.4. The summed E-state index contributed by atoms with van der Waals surface area (Å²) in [5.41, 5.74) is 13.6. The first-order valence-electron chi connectivity index (χ1n) is 7.04. The molecule has 0 radical (unpaired) electrons. The van der Waals surface area contributed by atoms with Crippen LogP contribution in [0.1, 0.15) is 34.9 Å². The number of fused-ring (bicyclic) bond motifs is 1. The number of rotatable bonds is 2. The first kappa shape index (κ1) is 16.1. The lowest BCUT2D eigenvalue weighted by molar-refractivity contribution is 0.681. The Bertz CT molecular complexity index is 690. The van der Waals surface area contributed by atoms with Crippen LogP contribution in [0.2, 0.25) is 0 Å². The first-order chi connectivity index (χ1) is 10.1. The van der Waals surface area contributed by atoms with Gasteiger partial charge in [0.2, 0.25) is 5.96 Å². The van der Waals surface area contributed by atoms with Crippen molar-refractivity contribution in [2.75, 3.05) is 0 Å². The molecular formula is C16H20ClN5. The lowest BCUT2D eigenvalue weighted by Crippen LogP contribution is -2.28. The normalized spacial score (nSPS) is 18.4. The van der Waals surface area contributed by atoms with E-state index in [1.807, 2.05) is 13.0 Å². The fourth-order valence-electron chi connectivity index (χ4n) is 2.92. The topological polar surface area (TPSA) is 90.0 Å². The summed E-state index contributed by atoms with van der Waals surface area (Å²) in [5.74, 6) is 0.252. The number of aryl methyl sites for hydroxylation is 1. The fourth-order valence-corrected chi connectivity index (χ4v) is 2.92. The van der Waals surface area contributed by atoms with Crippen molar-refractivity contribution in [1.29, 1.82) is 5.41 Å². The van der Waals surface area contributed by atoms with Gasteiger partial charge in [-0.3, -0.25) is 5.41 Å². The molecule has 1 aliphatic carbocycles. The molecule has 6 heteroatoms. The predicted molar refractivity (Wildman–Crippen MR) is 91.9 cm³/mol. The van der Waals surface area contributed by atoms with E-state index in [9.17, 15) is 0 Å². The molecule has 1 heterocycles. The summed E-state index contributed by atoms with van der Waals surface area (Å²) in [6.07, 6.45) is 1.82. The Balaban J connectivity index is 0.00000176. The summed E-state index contributed by atoms with van der Waals surface area (Å²) in [7, 11) is 0. The molecule has 1 aromatic carbocycles. The molecular weight excluding hydrogens is 298 g/mol. The first-order valence-corrected chi connectivity index (χ1v) is 7.04. The maximum absolute atomic E-state index is 7.27. The van der Waals surface area contributed by atoms with Crippen LogP contribution in [-0.4, -0.2) is 16.7 Å². The van der Waals surface area contributed by atoms with Gasteiger partial charge in [0.15, 0.2) is 0 Å². The van der Waals surface area contributed by atoms with Gasteiger partial charge >= 0.3 is 0 Å². The zero-order valence-corrected chi connectivity index (χ0v) is 13.2. The van der Waals surface area contributed by atoms with Crippen molar-refractivity contribution in [3.8, 4) is 0 Å². The van der Waals surface area contributed by atoms with Gasteiger partial charge in [0, 0.05) is 17.0 Å². The summed E-state index contributed by atoms with van der Waals surface area (Å²) in [6, 6.07) is 12.6. The minimum atomic E-state index is -0.141. The number of guanidine groups is 1. The third kappa shape index (κ3) is 3.31. The third-order valence-electron chi connectivity index (χ3n) is 3.82. The van der Waals surface area contributed by atoms with Crippen LogP contribution in [0.25, 0.3) is 0 Å². The number of H-pyrrole nitrogens is 1. The molecule has 0 saturated heterocycles. The van der Waals surface area contributed by atoms with Gasteiger partial charge in [0.05, 0.1) is 5.71 Å². The fraction of sp³-hybridized carbons (Fsp3) is 0.250. The van der Waals surface area contributed by atoms with Crippen molar-refractivity contribution in [2.45, 2.75) is 25.7 Å². The van der Waals surface area contributed by atoms with E-state index in [-0.39, 0.29) is 18.4 Å². The maximum Gasteiger partial charge on any atom is 0.206 e. The number of hydrogen-bond acceptors (Lipinski definition) is 2. The average molecular weight is 318 g/mol. The Kier molecular flexibility index (Phi) is 4.88. The van der Waals surface area contributed by atoms with E-state index in [0.717, 1.165) is 29.8 Å². The number of nitrogens with one attached hydrogen (secondary N) is 3. The Hall–Kier alpha value is -2.27. The number of hydrazone groups is 1. The number of nitrogens with two attached hydrogens (primary N) is 1. The van der Waals surface area contributed by atoms with Gasteiger partial charge in [-0.1, -0.05) is 30.3 Å². The number of benzene rings is 1. The van der Waals surface area contributed by atoms with E-state index in [1.54, 1.807) is 0 Å². The van der Waals surface area contributed by atoms with Crippen molar-refractivity contribution < 1.29 is 0 Å². The van der Waals surface area contributed by atoms with Crippen LogP contribution in [0.5, 0.6) is 0 Å². The molecule has 116 valence electrons. The molecule has 1 atom stereocenters. The molecule has 1 aliphatic rings. The predicted octanol–water partition coefficient (Wildman–Crippen LogP) is 2.66. The highest BCUT2D eigenvalue weighted by molar-refractivity contribution is 6.03. The monoisotopic (exact) mass is 317 g/mol. The molecule has 0 saturated carbocycles. The minimum absolute atomic E-state index is 0. The van der Waals surface area contributed by atoms with Crippen molar-refractivity contribution in [2.24, 2.45) is 10.8 Å². The number of nitrogens with zero attached hydrogens (tertiary/aromatic N) is 1. The van der Waals surface area contributed by atoms with E-state index in [2.05, 4.69) is 45.8 Å². The minimum Gasteiger partial charge on any atom is -0.369 e. The Morgan fingerprint density at radius 3 is 2.73 bits per heavy atom. The number of aromatic nitrogens is 1. The molecule has 2 aromatic rings. The van der Waals surface area contributed by atoms with Gasteiger partial charge in [0.1, 0.15) is 0 Å². The smallest absolute Gasteiger partial charge is 0.206 e. The Labute approximate surface area is 135 Å². The van der Waals surface area contributed by atoms with Crippen LogP contribution in [0, 0.1) is 12.3 Å². The second-order valence-electron chi connectivity index (χ2n) is 5.44. The van der Waals surface area contributed by atoms with E-state index in [1.165, 1.54) is 11.3 Å². The maximum atomic E-state index is 7.27. The summed E-state index contributed by atoms with van der Waals surface area (Å²) >= 11 is 0. The number of aromatic amines is 1. The molecule has 22 heavy (non-hydrogen) atoms. The highest BCUT2D eigenvalue weighted by Gasteiger charge is 2.26. The van der Waals surface area contributed by atoms with Crippen LogP contribution >= 0.6 is 12.4 Å². The molecule has 0 fully saturated rings. The van der Waals surface area contributed by atoms with Gasteiger partial charge in [-0.2, -0.15) is 5.10 Å². The molecule has 1 unspecified atom stereocenters. The van der Waals surface area contributed by atoms with Gasteiger partial charge in [0.25, 0.3) is 0 Å². The lowest BCUT2D eigenvalue weighted by Gasteiger charge is -2.24. The Morgan fingerprint density at radius 2 is 2.05 bits per heavy atom. The summed E-state index contributed by atoms with van der Waals surface area (Å²) in [5, 5.41) is 11.6. The molecule has 3 rings (SSSR count). The third-order valence-corrected chi connectivity index (χ3v) is 3.82. The second kappa shape index (κ2) is 6.66. The van der Waals surface area contributed by atoms with Crippen LogP contribution in [0.3, 0.4) is 0 Å². The van der Waals surface area contributed by atoms with Crippen LogP contribution < -0.4 is 11.2 Å². The summed E-state index contributed by atoms with van der Waals surface area (Å²) in [6.45, 7) is 2.05. The van der Waals surface area contributed by atoms with Crippen LogP contribution in [-0.2, 0) is 6.42 Å². The second-order valence-corrected chi connectivity index (χ2v) is 5.44. The van der Waals surface area contributed by atoms with Gasteiger partial charge < -0.3 is 10.7 Å².